The first-order valence-electron chi connectivity index (χ1n) is 10.0. The smallest absolute Gasteiger partial charge is 0.414 e. The molecule has 154 valence electrons. The molecule has 1 aliphatic carbocycles. The summed E-state index contributed by atoms with van der Waals surface area (Å²) in [6.07, 6.45) is 9.25. The molecule has 0 aromatic heterocycles. The van der Waals surface area contributed by atoms with Crippen molar-refractivity contribution in [2.45, 2.75) is 44.9 Å². The van der Waals surface area contributed by atoms with E-state index in [2.05, 4.69) is 4.90 Å². The molecule has 0 spiro atoms. The third-order valence-corrected chi connectivity index (χ3v) is 5.68. The molecule has 2 saturated heterocycles. The molecule has 3 rings (SSSR count). The number of likely N-dealkylation sites (tertiary alicyclic amines) is 1. The lowest BCUT2D eigenvalue weighted by Gasteiger charge is -2.37. The first-order valence-corrected chi connectivity index (χ1v) is 10.0. The van der Waals surface area contributed by atoms with Crippen LogP contribution in [0.3, 0.4) is 0 Å². The van der Waals surface area contributed by atoms with Crippen LogP contribution in [-0.2, 0) is 19.1 Å². The molecule has 27 heavy (non-hydrogen) atoms. The second-order valence-electron chi connectivity index (χ2n) is 7.63. The zero-order valence-electron chi connectivity index (χ0n) is 16.0. The number of carbonyl (C=O) groups excluding carboxylic acids is 1. The summed E-state index contributed by atoms with van der Waals surface area (Å²) in [5.41, 5.74) is 0. The van der Waals surface area contributed by atoms with Gasteiger partial charge in [-0.05, 0) is 44.7 Å². The summed E-state index contributed by atoms with van der Waals surface area (Å²) in [6.45, 7) is 6.54. The second-order valence-corrected chi connectivity index (χ2v) is 7.63. The zero-order valence-corrected chi connectivity index (χ0v) is 16.0. The number of hydrogen-bond acceptors (Lipinski definition) is 5. The first-order chi connectivity index (χ1) is 13.0. The fourth-order valence-corrected chi connectivity index (χ4v) is 4.14. The van der Waals surface area contributed by atoms with Gasteiger partial charge >= 0.3 is 11.9 Å². The summed E-state index contributed by atoms with van der Waals surface area (Å²) < 4.78 is 5.34. The van der Waals surface area contributed by atoms with Crippen molar-refractivity contribution in [3.63, 3.8) is 0 Å². The lowest BCUT2D eigenvalue weighted by atomic mass is 9.87. The molecule has 2 N–H and O–H groups in total. The molecule has 3 fully saturated rings. The number of rotatable bonds is 3. The predicted molar refractivity (Wildman–Crippen MR) is 98.4 cm³/mol. The monoisotopic (exact) mass is 384 g/mol. The van der Waals surface area contributed by atoms with Crippen molar-refractivity contribution < 1.29 is 29.3 Å². The van der Waals surface area contributed by atoms with E-state index in [1.165, 1.54) is 38.6 Å². The van der Waals surface area contributed by atoms with Crippen LogP contribution < -0.4 is 0 Å². The molecular weight excluding hydrogens is 352 g/mol. The van der Waals surface area contributed by atoms with Crippen molar-refractivity contribution in [3.05, 3.63) is 0 Å². The molecule has 0 aromatic rings. The first kappa shape index (κ1) is 21.6. The van der Waals surface area contributed by atoms with Gasteiger partial charge in [0.05, 0.1) is 13.2 Å². The average Bonchev–Trinajstić information content (AvgIpc) is 2.70. The number of carboxylic acids is 2. The van der Waals surface area contributed by atoms with Gasteiger partial charge in [0.2, 0.25) is 5.91 Å². The van der Waals surface area contributed by atoms with Gasteiger partial charge in [0.15, 0.2) is 0 Å². The molecule has 8 nitrogen and oxygen atoms in total. The molecule has 1 saturated carbocycles. The molecule has 0 aromatic carbocycles. The molecule has 0 bridgehead atoms. The van der Waals surface area contributed by atoms with Gasteiger partial charge in [0.25, 0.3) is 0 Å². The molecule has 0 unspecified atom stereocenters. The van der Waals surface area contributed by atoms with Crippen molar-refractivity contribution in [1.29, 1.82) is 0 Å². The van der Waals surface area contributed by atoms with E-state index < -0.39 is 11.9 Å². The third kappa shape index (κ3) is 7.46. The van der Waals surface area contributed by atoms with Crippen LogP contribution in [0.5, 0.6) is 0 Å². The highest BCUT2D eigenvalue weighted by atomic mass is 16.5. The van der Waals surface area contributed by atoms with E-state index in [9.17, 15) is 4.79 Å². The van der Waals surface area contributed by atoms with Gasteiger partial charge < -0.3 is 24.7 Å². The Labute approximate surface area is 160 Å². The highest BCUT2D eigenvalue weighted by molar-refractivity contribution is 6.27. The summed E-state index contributed by atoms with van der Waals surface area (Å²) in [4.78, 5) is 35.3. The van der Waals surface area contributed by atoms with Crippen molar-refractivity contribution in [2.24, 2.45) is 11.8 Å². The number of carboxylic acid groups (broad SMARTS) is 2. The van der Waals surface area contributed by atoms with Crippen LogP contribution in [0, 0.1) is 11.8 Å². The Kier molecular flexibility index (Phi) is 9.00. The molecular formula is C19H32N2O6. The molecule has 0 radical (unpaired) electrons. The zero-order chi connectivity index (χ0) is 19.6. The molecule has 2 aliphatic heterocycles. The standard InChI is InChI=1S/C17H30N2O2.C2H2O4/c20-17(19-10-12-21-13-11-19)16-6-8-18(9-7-16)14-15-4-2-1-3-5-15;3-1(4)2(5)6/h15-16H,1-14H2;(H,3,4)(H,5,6). The molecule has 2 heterocycles. The number of amides is 1. The van der Waals surface area contributed by atoms with Gasteiger partial charge in [-0.2, -0.15) is 0 Å². The number of nitrogens with zero attached hydrogens (tertiary/aromatic N) is 2. The molecule has 3 aliphatic rings. The summed E-state index contributed by atoms with van der Waals surface area (Å²) in [7, 11) is 0. The van der Waals surface area contributed by atoms with Crippen LogP contribution in [0.15, 0.2) is 0 Å². The summed E-state index contributed by atoms with van der Waals surface area (Å²) >= 11 is 0. The Morgan fingerprint density at radius 1 is 0.815 bits per heavy atom. The van der Waals surface area contributed by atoms with Crippen LogP contribution in [0.2, 0.25) is 0 Å². The summed E-state index contributed by atoms with van der Waals surface area (Å²) in [5.74, 6) is -2.07. The lowest BCUT2D eigenvalue weighted by Crippen LogP contribution is -2.47. The lowest BCUT2D eigenvalue weighted by molar-refractivity contribution is -0.159. The van der Waals surface area contributed by atoms with E-state index in [0.717, 1.165) is 44.9 Å². The maximum atomic E-state index is 12.5. The van der Waals surface area contributed by atoms with Gasteiger partial charge in [-0.3, -0.25) is 4.79 Å². The summed E-state index contributed by atoms with van der Waals surface area (Å²) in [6, 6.07) is 0. The van der Waals surface area contributed by atoms with E-state index in [1.54, 1.807) is 0 Å². The summed E-state index contributed by atoms with van der Waals surface area (Å²) in [5, 5.41) is 14.8. The maximum absolute atomic E-state index is 12.5. The van der Waals surface area contributed by atoms with Crippen LogP contribution in [0.25, 0.3) is 0 Å². The van der Waals surface area contributed by atoms with Crippen LogP contribution in [0.1, 0.15) is 44.9 Å². The SMILES string of the molecule is O=C(C1CCN(CC2CCCCC2)CC1)N1CCOCC1.O=C(O)C(=O)O. The van der Waals surface area contributed by atoms with Crippen molar-refractivity contribution in [3.8, 4) is 0 Å². The number of morpholine rings is 1. The second kappa shape index (κ2) is 11.2. The highest BCUT2D eigenvalue weighted by Crippen LogP contribution is 2.27. The minimum absolute atomic E-state index is 0.269. The molecule has 8 heteroatoms. The van der Waals surface area contributed by atoms with Crippen LogP contribution in [0.4, 0.5) is 0 Å². The van der Waals surface area contributed by atoms with Crippen molar-refractivity contribution >= 4 is 17.8 Å². The fraction of sp³-hybridized carbons (Fsp3) is 0.842. The number of ether oxygens (including phenoxy) is 1. The largest absolute Gasteiger partial charge is 0.473 e. The van der Waals surface area contributed by atoms with Crippen LogP contribution >= 0.6 is 0 Å². The topological polar surface area (TPSA) is 107 Å². The number of carbonyl (C=O) groups is 3. The minimum atomic E-state index is -1.82. The van der Waals surface area contributed by atoms with Gasteiger partial charge in [0.1, 0.15) is 0 Å². The van der Waals surface area contributed by atoms with E-state index >= 15 is 0 Å². The van der Waals surface area contributed by atoms with Gasteiger partial charge in [-0.25, -0.2) is 9.59 Å². The normalized spacial score (nSPS) is 22.6. The van der Waals surface area contributed by atoms with E-state index in [0.29, 0.717) is 19.1 Å². The number of piperidine rings is 1. The Bertz CT molecular complexity index is 480. The van der Waals surface area contributed by atoms with Gasteiger partial charge in [0, 0.05) is 25.6 Å². The average molecular weight is 384 g/mol. The predicted octanol–water partition coefficient (Wildman–Crippen LogP) is 1.29. The van der Waals surface area contributed by atoms with E-state index in [4.69, 9.17) is 24.5 Å². The fourth-order valence-electron chi connectivity index (χ4n) is 4.14. The molecule has 0 atom stereocenters. The van der Waals surface area contributed by atoms with Crippen molar-refractivity contribution in [1.82, 2.24) is 9.80 Å². The van der Waals surface area contributed by atoms with E-state index in [1.807, 2.05) is 4.90 Å². The Balaban J connectivity index is 0.000000380. The molecule has 1 amide bonds. The Hall–Kier alpha value is -1.67. The third-order valence-electron chi connectivity index (χ3n) is 5.68. The Morgan fingerprint density at radius 3 is 1.89 bits per heavy atom. The Morgan fingerprint density at radius 2 is 1.37 bits per heavy atom. The van der Waals surface area contributed by atoms with E-state index in [-0.39, 0.29) is 5.92 Å². The van der Waals surface area contributed by atoms with Crippen LogP contribution in [-0.4, -0.2) is 83.8 Å². The maximum Gasteiger partial charge on any atom is 0.414 e. The van der Waals surface area contributed by atoms with Gasteiger partial charge in [-0.1, -0.05) is 19.3 Å². The number of hydrogen-bond donors (Lipinski definition) is 2. The number of aliphatic carboxylic acids is 2. The minimum Gasteiger partial charge on any atom is -0.473 e. The van der Waals surface area contributed by atoms with Crippen molar-refractivity contribution in [2.75, 3.05) is 45.9 Å². The quantitative estimate of drug-likeness (QED) is 0.706. The highest BCUT2D eigenvalue weighted by Gasteiger charge is 2.30. The van der Waals surface area contributed by atoms with Gasteiger partial charge in [-0.15, -0.1) is 0 Å².